The molecule has 0 aromatic carbocycles. The molecule has 36 heavy (non-hydrogen) atoms. The standard InChI is InChI=1S/C30H48O6/c1-25(2)13-14-30(24(34)36-35)19(15-25)18-7-8-21-26(3)11-10-22(32)27(4,17-31)20(26)9-12-28(21,5)29(18,6)16-23(30)33/h17-23,32-33,35H,7-16H2,1-6H3/t18?,19-,20+,21+,22-,23+,26-,27-,28+,29+,30+/m0/s1. The first kappa shape index (κ1) is 26.6. The van der Waals surface area contributed by atoms with Crippen LogP contribution in [0, 0.1) is 56.2 Å². The number of rotatable bonds is 2. The quantitative estimate of drug-likeness (QED) is 0.264. The van der Waals surface area contributed by atoms with E-state index in [2.05, 4.69) is 39.5 Å². The monoisotopic (exact) mass is 504 g/mol. The van der Waals surface area contributed by atoms with Crippen LogP contribution in [0.2, 0.25) is 0 Å². The van der Waals surface area contributed by atoms with Crippen molar-refractivity contribution in [2.75, 3.05) is 0 Å². The van der Waals surface area contributed by atoms with Crippen molar-refractivity contribution >= 4 is 12.3 Å². The SMILES string of the molecule is CC1(C)CC[C@]2(C(=O)OO)[C@H](O)C[C@]3(C)C(CC[C@@H]4[C@@]5(C)CC[C@H](O)[C@@](C)(C=O)[C@@H]5CC[C@]43C)[C@@H]2C1. The van der Waals surface area contributed by atoms with Gasteiger partial charge in [0.25, 0.3) is 0 Å². The lowest BCUT2D eigenvalue weighted by molar-refractivity contribution is -0.292. The molecule has 0 saturated heterocycles. The Bertz CT molecular complexity index is 932. The van der Waals surface area contributed by atoms with E-state index in [0.29, 0.717) is 25.2 Å². The van der Waals surface area contributed by atoms with E-state index < -0.39 is 29.0 Å². The minimum absolute atomic E-state index is 0.0358. The topological polar surface area (TPSA) is 104 Å². The maximum Gasteiger partial charge on any atom is 0.351 e. The van der Waals surface area contributed by atoms with Crippen LogP contribution in [0.3, 0.4) is 0 Å². The summed E-state index contributed by atoms with van der Waals surface area (Å²) >= 11 is 0. The van der Waals surface area contributed by atoms with Gasteiger partial charge in [-0.1, -0.05) is 41.5 Å². The number of carbonyl (C=O) groups is 2. The van der Waals surface area contributed by atoms with Gasteiger partial charge in [-0.2, -0.15) is 5.26 Å². The molecule has 0 radical (unpaired) electrons. The molecule has 1 unspecified atom stereocenters. The van der Waals surface area contributed by atoms with E-state index in [1.54, 1.807) is 0 Å². The zero-order valence-electron chi connectivity index (χ0n) is 23.2. The number of hydrogen-bond acceptors (Lipinski definition) is 6. The summed E-state index contributed by atoms with van der Waals surface area (Å²) in [6.45, 7) is 13.6. The summed E-state index contributed by atoms with van der Waals surface area (Å²) in [5.41, 5.74) is -1.96. The largest absolute Gasteiger partial charge is 0.392 e. The van der Waals surface area contributed by atoms with E-state index in [-0.39, 0.29) is 39.4 Å². The Labute approximate surface area is 216 Å². The Kier molecular flexibility index (Phi) is 5.93. The van der Waals surface area contributed by atoms with Crippen molar-refractivity contribution in [1.29, 1.82) is 0 Å². The lowest BCUT2D eigenvalue weighted by atomic mass is 9.31. The van der Waals surface area contributed by atoms with Crippen LogP contribution in [-0.2, 0) is 14.5 Å². The van der Waals surface area contributed by atoms with Crippen LogP contribution in [-0.4, -0.2) is 39.9 Å². The van der Waals surface area contributed by atoms with Gasteiger partial charge < -0.3 is 19.9 Å². The fraction of sp³-hybridized carbons (Fsp3) is 0.933. The predicted molar refractivity (Wildman–Crippen MR) is 136 cm³/mol. The molecule has 0 spiro atoms. The lowest BCUT2D eigenvalue weighted by Crippen LogP contribution is -2.70. The Hall–Kier alpha value is -0.980. The second-order valence-electron chi connectivity index (χ2n) is 15.3. The number of aldehydes is 1. The van der Waals surface area contributed by atoms with Gasteiger partial charge in [-0.05, 0) is 110 Å². The number of carbonyl (C=O) groups excluding carboxylic acids is 2. The first-order chi connectivity index (χ1) is 16.7. The molecule has 5 saturated carbocycles. The molecule has 0 heterocycles. The molecule has 6 nitrogen and oxygen atoms in total. The van der Waals surface area contributed by atoms with Gasteiger partial charge in [-0.3, -0.25) is 0 Å². The molecular weight excluding hydrogens is 456 g/mol. The fourth-order valence-corrected chi connectivity index (χ4v) is 11.5. The predicted octanol–water partition coefficient (Wildman–Crippen LogP) is 5.39. The van der Waals surface area contributed by atoms with E-state index in [1.807, 2.05) is 6.92 Å². The minimum Gasteiger partial charge on any atom is -0.392 e. The molecule has 204 valence electrons. The van der Waals surface area contributed by atoms with Crippen LogP contribution in [0.15, 0.2) is 0 Å². The first-order valence-electron chi connectivity index (χ1n) is 14.3. The highest BCUT2D eigenvalue weighted by Gasteiger charge is 2.73. The van der Waals surface area contributed by atoms with Crippen molar-refractivity contribution in [3.63, 3.8) is 0 Å². The minimum atomic E-state index is -1.04. The van der Waals surface area contributed by atoms with Crippen molar-refractivity contribution in [2.45, 2.75) is 118 Å². The van der Waals surface area contributed by atoms with Crippen molar-refractivity contribution in [1.82, 2.24) is 0 Å². The van der Waals surface area contributed by atoms with Crippen molar-refractivity contribution in [3.05, 3.63) is 0 Å². The van der Waals surface area contributed by atoms with E-state index in [0.717, 1.165) is 51.2 Å². The average Bonchev–Trinajstić information content (AvgIpc) is 2.81. The Morgan fingerprint density at radius 3 is 2.11 bits per heavy atom. The zero-order chi connectivity index (χ0) is 26.5. The fourth-order valence-electron chi connectivity index (χ4n) is 11.5. The summed E-state index contributed by atoms with van der Waals surface area (Å²) in [6.07, 6.45) is 7.78. The normalized spacial score (nSPS) is 55.8. The molecule has 6 heteroatoms. The summed E-state index contributed by atoms with van der Waals surface area (Å²) in [5, 5.41) is 32.2. The molecule has 3 N–H and O–H groups in total. The van der Waals surface area contributed by atoms with Gasteiger partial charge in [0.05, 0.1) is 17.6 Å². The van der Waals surface area contributed by atoms with Gasteiger partial charge in [0.15, 0.2) is 0 Å². The van der Waals surface area contributed by atoms with E-state index in [1.165, 1.54) is 0 Å². The van der Waals surface area contributed by atoms with Gasteiger partial charge in [0.2, 0.25) is 0 Å². The molecule has 0 bridgehead atoms. The summed E-state index contributed by atoms with van der Waals surface area (Å²) in [6, 6.07) is 0. The Balaban J connectivity index is 1.58. The molecule has 11 atom stereocenters. The van der Waals surface area contributed by atoms with Crippen LogP contribution in [0.1, 0.15) is 106 Å². The molecule has 0 aliphatic heterocycles. The average molecular weight is 505 g/mol. The second kappa shape index (κ2) is 8.02. The smallest absolute Gasteiger partial charge is 0.351 e. The third kappa shape index (κ3) is 3.07. The second-order valence-corrected chi connectivity index (χ2v) is 15.3. The van der Waals surface area contributed by atoms with Crippen LogP contribution in [0.4, 0.5) is 0 Å². The number of aliphatic hydroxyl groups excluding tert-OH is 2. The zero-order valence-corrected chi connectivity index (χ0v) is 23.2. The van der Waals surface area contributed by atoms with Gasteiger partial charge in [-0.15, -0.1) is 0 Å². The maximum absolute atomic E-state index is 13.2. The number of hydrogen-bond donors (Lipinski definition) is 3. The van der Waals surface area contributed by atoms with Gasteiger partial charge in [0.1, 0.15) is 11.7 Å². The molecule has 5 aliphatic rings. The van der Waals surface area contributed by atoms with Crippen molar-refractivity contribution in [3.8, 4) is 0 Å². The van der Waals surface area contributed by atoms with Gasteiger partial charge in [-0.25, -0.2) is 4.79 Å². The highest BCUT2D eigenvalue weighted by Crippen LogP contribution is 2.77. The van der Waals surface area contributed by atoms with Gasteiger partial charge in [0, 0.05) is 0 Å². The summed E-state index contributed by atoms with van der Waals surface area (Å²) in [7, 11) is 0. The number of fused-ring (bicyclic) bond motifs is 7. The Morgan fingerprint density at radius 1 is 0.778 bits per heavy atom. The van der Waals surface area contributed by atoms with Crippen LogP contribution < -0.4 is 0 Å². The summed E-state index contributed by atoms with van der Waals surface area (Å²) in [5.74, 6) is 0.107. The van der Waals surface area contributed by atoms with Gasteiger partial charge >= 0.3 is 5.97 Å². The van der Waals surface area contributed by atoms with Crippen molar-refractivity contribution < 1.29 is 29.9 Å². The first-order valence-corrected chi connectivity index (χ1v) is 14.3. The maximum atomic E-state index is 13.2. The highest BCUT2D eigenvalue weighted by molar-refractivity contribution is 5.78. The summed E-state index contributed by atoms with van der Waals surface area (Å²) < 4.78 is 0. The van der Waals surface area contributed by atoms with Crippen LogP contribution in [0.5, 0.6) is 0 Å². The van der Waals surface area contributed by atoms with E-state index >= 15 is 0 Å². The third-order valence-corrected chi connectivity index (χ3v) is 13.7. The molecule has 5 rings (SSSR count). The van der Waals surface area contributed by atoms with Crippen LogP contribution in [0.25, 0.3) is 0 Å². The molecule has 0 aromatic heterocycles. The summed E-state index contributed by atoms with van der Waals surface area (Å²) in [4.78, 5) is 29.9. The van der Waals surface area contributed by atoms with Crippen LogP contribution >= 0.6 is 0 Å². The molecule has 0 amide bonds. The van der Waals surface area contributed by atoms with Crippen molar-refractivity contribution in [2.24, 2.45) is 56.2 Å². The molecular formula is C30H48O6. The number of aliphatic hydroxyl groups is 2. The third-order valence-electron chi connectivity index (χ3n) is 13.7. The lowest BCUT2D eigenvalue weighted by Gasteiger charge is -2.73. The molecule has 5 fully saturated rings. The molecule has 0 aromatic rings. The highest BCUT2D eigenvalue weighted by atomic mass is 17.1. The van der Waals surface area contributed by atoms with E-state index in [4.69, 9.17) is 0 Å². The molecule has 5 aliphatic carbocycles. The Morgan fingerprint density at radius 2 is 1.47 bits per heavy atom. The van der Waals surface area contributed by atoms with E-state index in [9.17, 15) is 25.1 Å².